The van der Waals surface area contributed by atoms with Crippen LogP contribution in [-0.4, -0.2) is 15.9 Å². The van der Waals surface area contributed by atoms with Crippen molar-refractivity contribution in [3.63, 3.8) is 0 Å². The van der Waals surface area contributed by atoms with E-state index >= 15 is 0 Å². The average Bonchev–Trinajstić information content (AvgIpc) is 2.64. The zero-order chi connectivity index (χ0) is 19.2. The molecular formula is C20H18ClN3O2S. The van der Waals surface area contributed by atoms with Gasteiger partial charge in [0.25, 0.3) is 5.56 Å². The lowest BCUT2D eigenvalue weighted by Gasteiger charge is -2.09. The Bertz CT molecular complexity index is 1010. The van der Waals surface area contributed by atoms with Crippen LogP contribution in [0.15, 0.2) is 64.5 Å². The molecule has 7 heteroatoms. The van der Waals surface area contributed by atoms with Gasteiger partial charge in [-0.05, 0) is 30.2 Å². The summed E-state index contributed by atoms with van der Waals surface area (Å²) in [4.78, 5) is 31.3. The summed E-state index contributed by atoms with van der Waals surface area (Å²) in [5.74, 6) is 0.429. The van der Waals surface area contributed by atoms with Crippen molar-refractivity contribution < 1.29 is 4.79 Å². The minimum atomic E-state index is -0.276. The Kier molecular flexibility index (Phi) is 6.32. The second-order valence-electron chi connectivity index (χ2n) is 5.95. The average molecular weight is 400 g/mol. The van der Waals surface area contributed by atoms with Crippen molar-refractivity contribution in [3.05, 3.63) is 86.8 Å². The summed E-state index contributed by atoms with van der Waals surface area (Å²) < 4.78 is 0. The molecule has 2 aromatic carbocycles. The van der Waals surface area contributed by atoms with Gasteiger partial charge in [0.05, 0.1) is 12.1 Å². The first-order valence-electron chi connectivity index (χ1n) is 8.33. The van der Waals surface area contributed by atoms with E-state index in [-0.39, 0.29) is 17.9 Å². The molecule has 0 saturated carbocycles. The maximum absolute atomic E-state index is 12.3. The van der Waals surface area contributed by atoms with Crippen molar-refractivity contribution in [2.24, 2.45) is 0 Å². The molecule has 0 saturated heterocycles. The van der Waals surface area contributed by atoms with E-state index in [0.29, 0.717) is 27.3 Å². The number of hydrogen-bond donors (Lipinski definition) is 2. The number of benzene rings is 2. The topological polar surface area (TPSA) is 74.8 Å². The van der Waals surface area contributed by atoms with Crippen LogP contribution in [0.2, 0.25) is 5.02 Å². The molecule has 0 bridgehead atoms. The van der Waals surface area contributed by atoms with Crippen LogP contribution in [0, 0.1) is 6.92 Å². The van der Waals surface area contributed by atoms with Gasteiger partial charge in [0.2, 0.25) is 5.91 Å². The molecule has 0 fully saturated rings. The number of halogens is 1. The molecule has 1 heterocycles. The van der Waals surface area contributed by atoms with Crippen LogP contribution in [0.4, 0.5) is 5.69 Å². The predicted molar refractivity (Wildman–Crippen MR) is 109 cm³/mol. The highest BCUT2D eigenvalue weighted by Gasteiger charge is 2.10. The Labute approximate surface area is 166 Å². The highest BCUT2D eigenvalue weighted by Crippen LogP contribution is 2.23. The maximum atomic E-state index is 12.3. The maximum Gasteiger partial charge on any atom is 0.251 e. The van der Waals surface area contributed by atoms with Gasteiger partial charge in [-0.2, -0.15) is 0 Å². The van der Waals surface area contributed by atoms with E-state index < -0.39 is 0 Å². The molecule has 0 spiro atoms. The summed E-state index contributed by atoms with van der Waals surface area (Å²) in [6.07, 6.45) is 0.00870. The normalized spacial score (nSPS) is 10.6. The van der Waals surface area contributed by atoms with Crippen molar-refractivity contribution >= 4 is 35.0 Å². The van der Waals surface area contributed by atoms with Crippen molar-refractivity contribution in [3.8, 4) is 0 Å². The molecule has 0 unspecified atom stereocenters. The fourth-order valence-corrected chi connectivity index (χ4v) is 3.50. The molecule has 2 N–H and O–H groups in total. The molecule has 138 valence electrons. The van der Waals surface area contributed by atoms with Gasteiger partial charge in [0.1, 0.15) is 0 Å². The standard InChI is InChI=1S/C20H18ClN3O2S/c1-13-16(21)8-5-9-17(13)23-18(25)10-15-11-19(26)24-20(22-15)27-12-14-6-3-2-4-7-14/h2-9,11H,10,12H2,1H3,(H,23,25)(H,22,24,26). The Morgan fingerprint density at radius 2 is 1.96 bits per heavy atom. The summed E-state index contributed by atoms with van der Waals surface area (Å²) in [6.45, 7) is 1.84. The second-order valence-corrected chi connectivity index (χ2v) is 7.32. The van der Waals surface area contributed by atoms with E-state index in [4.69, 9.17) is 11.6 Å². The SMILES string of the molecule is Cc1c(Cl)cccc1NC(=O)Cc1cc(=O)[nH]c(SCc2ccccc2)n1. The third-order valence-electron chi connectivity index (χ3n) is 3.87. The lowest BCUT2D eigenvalue weighted by Crippen LogP contribution is -2.18. The van der Waals surface area contributed by atoms with E-state index in [1.807, 2.05) is 37.3 Å². The fraction of sp³-hybridized carbons (Fsp3) is 0.150. The number of aromatic nitrogens is 2. The van der Waals surface area contributed by atoms with Gasteiger partial charge in [-0.15, -0.1) is 0 Å². The molecule has 0 aliphatic carbocycles. The van der Waals surface area contributed by atoms with Gasteiger partial charge in [0.15, 0.2) is 5.16 Å². The van der Waals surface area contributed by atoms with Crippen LogP contribution in [-0.2, 0) is 17.0 Å². The third-order valence-corrected chi connectivity index (χ3v) is 5.23. The predicted octanol–water partition coefficient (Wildman–Crippen LogP) is 4.21. The van der Waals surface area contributed by atoms with E-state index in [2.05, 4.69) is 15.3 Å². The first-order chi connectivity index (χ1) is 13.0. The number of carbonyl (C=O) groups excluding carboxylic acids is 1. The highest BCUT2D eigenvalue weighted by molar-refractivity contribution is 7.98. The number of anilines is 1. The summed E-state index contributed by atoms with van der Waals surface area (Å²) in [6, 6.07) is 16.6. The molecule has 3 aromatic rings. The molecule has 5 nitrogen and oxygen atoms in total. The Hall–Kier alpha value is -2.57. The highest BCUT2D eigenvalue weighted by atomic mass is 35.5. The summed E-state index contributed by atoms with van der Waals surface area (Å²) in [5.41, 5.74) is 2.72. The van der Waals surface area contributed by atoms with E-state index in [1.165, 1.54) is 17.8 Å². The quantitative estimate of drug-likeness (QED) is 0.481. The number of aromatic amines is 1. The van der Waals surface area contributed by atoms with Crippen LogP contribution in [0.1, 0.15) is 16.8 Å². The van der Waals surface area contributed by atoms with Crippen LogP contribution >= 0.6 is 23.4 Å². The van der Waals surface area contributed by atoms with Gasteiger partial charge in [-0.1, -0.05) is 59.8 Å². The zero-order valence-corrected chi connectivity index (χ0v) is 16.2. The Morgan fingerprint density at radius 3 is 2.74 bits per heavy atom. The lowest BCUT2D eigenvalue weighted by molar-refractivity contribution is -0.115. The van der Waals surface area contributed by atoms with Crippen molar-refractivity contribution in [2.45, 2.75) is 24.3 Å². The number of nitrogens with one attached hydrogen (secondary N) is 2. The number of carbonyl (C=O) groups is 1. The van der Waals surface area contributed by atoms with E-state index in [9.17, 15) is 9.59 Å². The minimum Gasteiger partial charge on any atom is -0.325 e. The van der Waals surface area contributed by atoms with Crippen LogP contribution in [0.5, 0.6) is 0 Å². The Balaban J connectivity index is 1.67. The molecule has 0 aliphatic heterocycles. The summed E-state index contributed by atoms with van der Waals surface area (Å²) in [5, 5.41) is 3.89. The molecule has 0 aliphatic rings. The summed E-state index contributed by atoms with van der Waals surface area (Å²) in [7, 11) is 0. The minimum absolute atomic E-state index is 0.00870. The molecule has 0 radical (unpaired) electrons. The third kappa shape index (κ3) is 5.45. The lowest BCUT2D eigenvalue weighted by atomic mass is 10.2. The summed E-state index contributed by atoms with van der Waals surface area (Å²) >= 11 is 7.49. The van der Waals surface area contributed by atoms with Crippen LogP contribution in [0.25, 0.3) is 0 Å². The van der Waals surface area contributed by atoms with Crippen LogP contribution < -0.4 is 10.9 Å². The number of rotatable bonds is 6. The largest absolute Gasteiger partial charge is 0.325 e. The molecule has 1 amide bonds. The fourth-order valence-electron chi connectivity index (χ4n) is 2.47. The smallest absolute Gasteiger partial charge is 0.251 e. The zero-order valence-electron chi connectivity index (χ0n) is 14.7. The number of nitrogens with zero attached hydrogens (tertiary/aromatic N) is 1. The van der Waals surface area contributed by atoms with E-state index in [1.54, 1.807) is 18.2 Å². The van der Waals surface area contributed by atoms with Crippen molar-refractivity contribution in [2.75, 3.05) is 5.32 Å². The number of thioether (sulfide) groups is 1. The Morgan fingerprint density at radius 1 is 1.19 bits per heavy atom. The number of H-pyrrole nitrogens is 1. The molecule has 27 heavy (non-hydrogen) atoms. The number of hydrogen-bond acceptors (Lipinski definition) is 4. The first kappa shape index (κ1) is 19.2. The van der Waals surface area contributed by atoms with Crippen molar-refractivity contribution in [1.82, 2.24) is 9.97 Å². The first-order valence-corrected chi connectivity index (χ1v) is 9.69. The van der Waals surface area contributed by atoms with Gasteiger partial charge < -0.3 is 10.3 Å². The molecular weight excluding hydrogens is 382 g/mol. The van der Waals surface area contributed by atoms with Crippen LogP contribution in [0.3, 0.4) is 0 Å². The number of amides is 1. The van der Waals surface area contributed by atoms with Gasteiger partial charge in [-0.3, -0.25) is 9.59 Å². The van der Waals surface area contributed by atoms with Crippen molar-refractivity contribution in [1.29, 1.82) is 0 Å². The van der Waals surface area contributed by atoms with Gasteiger partial charge in [0, 0.05) is 22.5 Å². The van der Waals surface area contributed by atoms with Gasteiger partial charge in [-0.25, -0.2) is 4.98 Å². The van der Waals surface area contributed by atoms with Gasteiger partial charge >= 0.3 is 0 Å². The molecule has 1 aromatic heterocycles. The molecule has 0 atom stereocenters. The second kappa shape index (κ2) is 8.88. The monoisotopic (exact) mass is 399 g/mol. The van der Waals surface area contributed by atoms with E-state index in [0.717, 1.165) is 11.1 Å². The molecule has 3 rings (SSSR count).